The van der Waals surface area contributed by atoms with Crippen molar-refractivity contribution in [2.45, 2.75) is 18.9 Å². The van der Waals surface area contributed by atoms with E-state index in [-0.39, 0.29) is 25.3 Å². The number of halogens is 1. The number of ether oxygens (including phenoxy) is 1. The van der Waals surface area contributed by atoms with Crippen LogP contribution in [0.4, 0.5) is 10.5 Å². The topological polar surface area (TPSA) is 124 Å². The van der Waals surface area contributed by atoms with Crippen molar-refractivity contribution in [3.05, 3.63) is 59.1 Å². The van der Waals surface area contributed by atoms with Gasteiger partial charge in [0.1, 0.15) is 11.6 Å². The van der Waals surface area contributed by atoms with E-state index in [9.17, 15) is 9.59 Å². The number of amides is 3. The van der Waals surface area contributed by atoms with E-state index >= 15 is 0 Å². The fourth-order valence-corrected chi connectivity index (χ4v) is 2.61. The summed E-state index contributed by atoms with van der Waals surface area (Å²) in [5, 5.41) is 25.3. The summed E-state index contributed by atoms with van der Waals surface area (Å²) < 4.78 is 5.13. The summed E-state index contributed by atoms with van der Waals surface area (Å²) in [6.07, 6.45) is 0.144. The SMILES string of the molecule is COc1ccc(C[C@H](NC(=O)Nc2ccc(Cl)cc2)C(=N)NC(=O)CCO)cc1. The van der Waals surface area contributed by atoms with Crippen molar-refractivity contribution in [2.24, 2.45) is 0 Å². The van der Waals surface area contributed by atoms with Crippen LogP contribution in [0.15, 0.2) is 48.5 Å². The highest BCUT2D eigenvalue weighted by atomic mass is 35.5. The first-order valence-corrected chi connectivity index (χ1v) is 9.24. The van der Waals surface area contributed by atoms with Crippen LogP contribution in [0.25, 0.3) is 0 Å². The average molecular weight is 419 g/mol. The van der Waals surface area contributed by atoms with Crippen molar-refractivity contribution in [3.63, 3.8) is 0 Å². The number of aliphatic hydroxyl groups excluding tert-OH is 1. The molecule has 0 aromatic heterocycles. The van der Waals surface area contributed by atoms with Crippen molar-refractivity contribution in [3.8, 4) is 5.75 Å². The van der Waals surface area contributed by atoms with E-state index in [1.54, 1.807) is 43.5 Å². The zero-order valence-corrected chi connectivity index (χ0v) is 16.6. The molecule has 3 amide bonds. The number of aliphatic hydroxyl groups is 1. The van der Waals surface area contributed by atoms with Gasteiger partial charge in [0.2, 0.25) is 5.91 Å². The number of benzene rings is 2. The van der Waals surface area contributed by atoms with Gasteiger partial charge in [-0.1, -0.05) is 23.7 Å². The number of hydrogen-bond donors (Lipinski definition) is 5. The van der Waals surface area contributed by atoms with Crippen molar-refractivity contribution in [1.82, 2.24) is 10.6 Å². The summed E-state index contributed by atoms with van der Waals surface area (Å²) in [4.78, 5) is 24.1. The standard InChI is InChI=1S/C20H23ClN4O4/c1-29-16-8-2-13(3-9-16)12-17(19(22)25-18(27)10-11-26)24-20(28)23-15-6-4-14(21)5-7-15/h2-9,17,26H,10-12H2,1H3,(H2,22,25,27)(H2,23,24,28)/t17-/m0/s1. The summed E-state index contributed by atoms with van der Waals surface area (Å²) in [5.41, 5.74) is 1.37. The van der Waals surface area contributed by atoms with Gasteiger partial charge >= 0.3 is 6.03 Å². The molecule has 0 spiro atoms. The predicted octanol–water partition coefficient (Wildman–Crippen LogP) is 2.56. The van der Waals surface area contributed by atoms with Gasteiger partial charge in [0.05, 0.1) is 26.2 Å². The Morgan fingerprint density at radius 2 is 1.79 bits per heavy atom. The molecular formula is C20H23ClN4O4. The van der Waals surface area contributed by atoms with Crippen LogP contribution in [0.2, 0.25) is 5.02 Å². The second kappa shape index (κ2) is 11.0. The van der Waals surface area contributed by atoms with Crippen LogP contribution in [0.5, 0.6) is 5.75 Å². The molecule has 0 aliphatic carbocycles. The van der Waals surface area contributed by atoms with Gasteiger partial charge in [0, 0.05) is 10.7 Å². The van der Waals surface area contributed by atoms with Crippen LogP contribution in [0, 0.1) is 5.41 Å². The molecule has 0 fully saturated rings. The molecule has 0 bridgehead atoms. The number of rotatable bonds is 8. The number of anilines is 1. The van der Waals surface area contributed by atoms with Crippen molar-refractivity contribution < 1.29 is 19.4 Å². The predicted molar refractivity (Wildman–Crippen MR) is 112 cm³/mol. The van der Waals surface area contributed by atoms with Crippen LogP contribution in [0.1, 0.15) is 12.0 Å². The Morgan fingerprint density at radius 3 is 2.38 bits per heavy atom. The normalized spacial score (nSPS) is 11.3. The van der Waals surface area contributed by atoms with Crippen molar-refractivity contribution in [1.29, 1.82) is 5.41 Å². The van der Waals surface area contributed by atoms with Gasteiger partial charge in [0.15, 0.2) is 0 Å². The fourth-order valence-electron chi connectivity index (χ4n) is 2.48. The molecule has 29 heavy (non-hydrogen) atoms. The Labute approximate surface area is 173 Å². The number of methoxy groups -OCH3 is 1. The largest absolute Gasteiger partial charge is 0.497 e. The summed E-state index contributed by atoms with van der Waals surface area (Å²) in [6, 6.07) is 12.4. The van der Waals surface area contributed by atoms with Crippen LogP contribution in [-0.4, -0.2) is 42.6 Å². The molecule has 154 valence electrons. The minimum Gasteiger partial charge on any atom is -0.497 e. The molecule has 2 rings (SSSR count). The van der Waals surface area contributed by atoms with Crippen LogP contribution in [-0.2, 0) is 11.2 Å². The van der Waals surface area contributed by atoms with Gasteiger partial charge in [-0.3, -0.25) is 10.2 Å². The zero-order valence-electron chi connectivity index (χ0n) is 15.9. The second-order valence-corrected chi connectivity index (χ2v) is 6.58. The van der Waals surface area contributed by atoms with Crippen LogP contribution >= 0.6 is 11.6 Å². The van der Waals surface area contributed by atoms with E-state index in [4.69, 9.17) is 26.9 Å². The first kappa shape index (κ1) is 22.2. The van der Waals surface area contributed by atoms with Crippen molar-refractivity contribution >= 4 is 35.1 Å². The number of amidine groups is 1. The Balaban J connectivity index is 2.09. The van der Waals surface area contributed by atoms with Gasteiger partial charge in [-0.05, 0) is 48.4 Å². The lowest BCUT2D eigenvalue weighted by molar-refractivity contribution is -0.120. The Morgan fingerprint density at radius 1 is 1.14 bits per heavy atom. The molecule has 0 unspecified atom stereocenters. The number of hydrogen-bond acceptors (Lipinski definition) is 5. The molecule has 0 aliphatic rings. The number of urea groups is 1. The van der Waals surface area contributed by atoms with Gasteiger partial charge in [-0.25, -0.2) is 4.79 Å². The molecule has 0 saturated heterocycles. The highest BCUT2D eigenvalue weighted by Gasteiger charge is 2.20. The summed E-state index contributed by atoms with van der Waals surface area (Å²) in [6.45, 7) is -0.327. The molecule has 8 nitrogen and oxygen atoms in total. The third kappa shape index (κ3) is 7.44. The monoisotopic (exact) mass is 418 g/mol. The highest BCUT2D eigenvalue weighted by molar-refractivity contribution is 6.30. The van der Waals surface area contributed by atoms with E-state index in [0.717, 1.165) is 5.56 Å². The quantitative estimate of drug-likeness (QED) is 0.334. The maximum Gasteiger partial charge on any atom is 0.319 e. The summed E-state index contributed by atoms with van der Waals surface area (Å²) in [5.74, 6) is 0.00716. The maximum atomic E-state index is 12.4. The molecule has 9 heteroatoms. The lowest BCUT2D eigenvalue weighted by Crippen LogP contribution is -2.50. The zero-order chi connectivity index (χ0) is 21.2. The highest BCUT2D eigenvalue weighted by Crippen LogP contribution is 2.14. The Kier molecular flexibility index (Phi) is 8.45. The first-order valence-electron chi connectivity index (χ1n) is 8.86. The number of nitrogens with one attached hydrogen (secondary N) is 4. The minimum atomic E-state index is -0.793. The molecule has 0 heterocycles. The van der Waals surface area contributed by atoms with Crippen molar-refractivity contribution in [2.75, 3.05) is 19.0 Å². The molecule has 2 aromatic rings. The molecule has 1 atom stereocenters. The maximum absolute atomic E-state index is 12.4. The van der Waals surface area contributed by atoms with E-state index in [1.807, 2.05) is 12.1 Å². The Bertz CT molecular complexity index is 841. The van der Waals surface area contributed by atoms with Gasteiger partial charge in [-0.2, -0.15) is 0 Å². The average Bonchev–Trinajstić information content (AvgIpc) is 2.70. The molecule has 5 N–H and O–H groups in total. The van der Waals surface area contributed by atoms with Gasteiger partial charge < -0.3 is 25.8 Å². The van der Waals surface area contributed by atoms with E-state index in [2.05, 4.69) is 16.0 Å². The molecule has 0 saturated carbocycles. The number of carbonyl (C=O) groups excluding carboxylic acids is 2. The minimum absolute atomic E-state index is 0.130. The molecule has 2 aromatic carbocycles. The molecular weight excluding hydrogens is 396 g/mol. The smallest absolute Gasteiger partial charge is 0.319 e. The van der Waals surface area contributed by atoms with E-state index in [0.29, 0.717) is 16.5 Å². The molecule has 0 aliphatic heterocycles. The lowest BCUT2D eigenvalue weighted by atomic mass is 10.0. The summed E-state index contributed by atoms with van der Waals surface area (Å²) in [7, 11) is 1.56. The van der Waals surface area contributed by atoms with Gasteiger partial charge in [0.25, 0.3) is 0 Å². The number of carbonyl (C=O) groups is 2. The van der Waals surface area contributed by atoms with Gasteiger partial charge in [-0.15, -0.1) is 0 Å². The second-order valence-electron chi connectivity index (χ2n) is 6.15. The van der Waals surface area contributed by atoms with Crippen LogP contribution < -0.4 is 20.7 Å². The third-order valence-electron chi connectivity index (χ3n) is 3.97. The molecule has 0 radical (unpaired) electrons. The summed E-state index contributed by atoms with van der Waals surface area (Å²) >= 11 is 5.84. The first-order chi connectivity index (χ1) is 13.9. The lowest BCUT2D eigenvalue weighted by Gasteiger charge is -2.21. The Hall–Kier alpha value is -3.10. The van der Waals surface area contributed by atoms with E-state index < -0.39 is 18.0 Å². The van der Waals surface area contributed by atoms with Crippen LogP contribution in [0.3, 0.4) is 0 Å². The third-order valence-corrected chi connectivity index (χ3v) is 4.22. The fraction of sp³-hybridized carbons (Fsp3) is 0.250. The van der Waals surface area contributed by atoms with E-state index in [1.165, 1.54) is 0 Å².